The molecular weight excluding hydrogens is 290 g/mol. The molecular formula is C18H21N3O2. The number of para-hydroxylation sites is 1. The topological polar surface area (TPSA) is 62.4 Å². The molecule has 1 heterocycles. The number of fused-ring (bicyclic) bond motifs is 1. The molecule has 1 aliphatic rings. The Morgan fingerprint density at radius 3 is 2.78 bits per heavy atom. The van der Waals surface area contributed by atoms with Crippen LogP contribution in [0, 0.1) is 0 Å². The first kappa shape index (κ1) is 15.2. The second-order valence-electron chi connectivity index (χ2n) is 5.98. The minimum Gasteiger partial charge on any atom is -0.489 e. The van der Waals surface area contributed by atoms with Crippen molar-refractivity contribution in [2.45, 2.75) is 12.5 Å². The lowest BCUT2D eigenvalue weighted by Crippen LogP contribution is -2.49. The van der Waals surface area contributed by atoms with Gasteiger partial charge >= 0.3 is 0 Å². The van der Waals surface area contributed by atoms with Crippen LogP contribution < -0.4 is 20.7 Å². The fourth-order valence-electron chi connectivity index (χ4n) is 2.59. The zero-order valence-corrected chi connectivity index (χ0v) is 13.3. The van der Waals surface area contributed by atoms with Gasteiger partial charge in [-0.2, -0.15) is 0 Å². The standard InChI is InChI=1S/C18H21N3O2/c1-18(11-20-14-6-4-3-5-7-14)12-23-16-9-8-13(17(22)19-2)10-15(16)21-18/h3-10,20-21H,11-12H2,1-2H3,(H,19,22). The van der Waals surface area contributed by atoms with Crippen molar-refractivity contribution >= 4 is 17.3 Å². The van der Waals surface area contributed by atoms with Crippen molar-refractivity contribution in [1.82, 2.24) is 5.32 Å². The predicted molar refractivity (Wildman–Crippen MR) is 92.3 cm³/mol. The normalized spacial score (nSPS) is 19.0. The molecule has 0 radical (unpaired) electrons. The van der Waals surface area contributed by atoms with Crippen LogP contribution in [0.3, 0.4) is 0 Å². The molecule has 0 spiro atoms. The van der Waals surface area contributed by atoms with Crippen molar-refractivity contribution in [3.8, 4) is 5.75 Å². The van der Waals surface area contributed by atoms with E-state index in [0.717, 1.165) is 17.1 Å². The number of carbonyl (C=O) groups is 1. The Morgan fingerprint density at radius 2 is 2.04 bits per heavy atom. The van der Waals surface area contributed by atoms with Gasteiger partial charge in [-0.15, -0.1) is 0 Å². The fraction of sp³-hybridized carbons (Fsp3) is 0.278. The van der Waals surface area contributed by atoms with Gasteiger partial charge in [0.2, 0.25) is 0 Å². The maximum Gasteiger partial charge on any atom is 0.251 e. The molecule has 5 heteroatoms. The number of carbonyl (C=O) groups excluding carboxylic acids is 1. The molecule has 0 aliphatic carbocycles. The molecule has 2 aromatic rings. The number of anilines is 2. The average molecular weight is 311 g/mol. The van der Waals surface area contributed by atoms with Crippen molar-refractivity contribution in [2.75, 3.05) is 30.8 Å². The molecule has 1 aliphatic heterocycles. The maximum absolute atomic E-state index is 11.8. The summed E-state index contributed by atoms with van der Waals surface area (Å²) in [6.07, 6.45) is 0. The summed E-state index contributed by atoms with van der Waals surface area (Å²) in [7, 11) is 1.62. The van der Waals surface area contributed by atoms with E-state index in [4.69, 9.17) is 4.74 Å². The van der Waals surface area contributed by atoms with E-state index < -0.39 is 0 Å². The Morgan fingerprint density at radius 1 is 1.26 bits per heavy atom. The SMILES string of the molecule is CNC(=O)c1ccc2c(c1)NC(C)(CNc1ccccc1)CO2. The fourth-order valence-corrected chi connectivity index (χ4v) is 2.59. The monoisotopic (exact) mass is 311 g/mol. The minimum atomic E-state index is -0.260. The molecule has 0 fully saturated rings. The lowest BCUT2D eigenvalue weighted by Gasteiger charge is -2.37. The second kappa shape index (κ2) is 6.20. The molecule has 0 aromatic heterocycles. The van der Waals surface area contributed by atoms with Gasteiger partial charge in [0.25, 0.3) is 5.91 Å². The summed E-state index contributed by atoms with van der Waals surface area (Å²) in [5, 5.41) is 9.54. The highest BCUT2D eigenvalue weighted by Gasteiger charge is 2.30. The number of rotatable bonds is 4. The summed E-state index contributed by atoms with van der Waals surface area (Å²) in [6.45, 7) is 3.36. The van der Waals surface area contributed by atoms with Crippen LogP contribution in [0.25, 0.3) is 0 Å². The number of nitrogens with one attached hydrogen (secondary N) is 3. The summed E-state index contributed by atoms with van der Waals surface area (Å²) in [4.78, 5) is 11.8. The van der Waals surface area contributed by atoms with Crippen LogP contribution in [0.1, 0.15) is 17.3 Å². The quantitative estimate of drug-likeness (QED) is 0.812. The summed E-state index contributed by atoms with van der Waals surface area (Å²) in [6, 6.07) is 15.5. The van der Waals surface area contributed by atoms with E-state index in [1.807, 2.05) is 42.5 Å². The van der Waals surface area contributed by atoms with E-state index in [9.17, 15) is 4.79 Å². The Hall–Kier alpha value is -2.69. The van der Waals surface area contributed by atoms with Crippen molar-refractivity contribution in [2.24, 2.45) is 0 Å². The second-order valence-corrected chi connectivity index (χ2v) is 5.98. The van der Waals surface area contributed by atoms with E-state index in [0.29, 0.717) is 18.7 Å². The third kappa shape index (κ3) is 3.39. The molecule has 3 rings (SSSR count). The summed E-state index contributed by atoms with van der Waals surface area (Å²) >= 11 is 0. The highest BCUT2D eigenvalue weighted by Crippen LogP contribution is 2.33. The number of hydrogen-bond donors (Lipinski definition) is 3. The molecule has 0 saturated heterocycles. The lowest BCUT2D eigenvalue weighted by atomic mass is 10.00. The Bertz CT molecular complexity index is 703. The van der Waals surface area contributed by atoms with Gasteiger partial charge < -0.3 is 20.7 Å². The number of benzene rings is 2. The van der Waals surface area contributed by atoms with Gasteiger partial charge in [-0.1, -0.05) is 18.2 Å². The molecule has 23 heavy (non-hydrogen) atoms. The molecule has 1 amide bonds. The van der Waals surface area contributed by atoms with Crippen LogP contribution in [0.4, 0.5) is 11.4 Å². The first-order valence-electron chi connectivity index (χ1n) is 7.66. The molecule has 2 aromatic carbocycles. The molecule has 3 N–H and O–H groups in total. The van der Waals surface area contributed by atoms with Gasteiger partial charge in [0.05, 0.1) is 11.2 Å². The van der Waals surface area contributed by atoms with Gasteiger partial charge in [-0.3, -0.25) is 4.79 Å². The van der Waals surface area contributed by atoms with Gasteiger partial charge in [-0.05, 0) is 37.3 Å². The van der Waals surface area contributed by atoms with E-state index in [2.05, 4.69) is 22.9 Å². The zero-order chi connectivity index (χ0) is 16.3. The summed E-state index contributed by atoms with van der Waals surface area (Å²) in [5.41, 5.74) is 2.27. The number of hydrogen-bond acceptors (Lipinski definition) is 4. The minimum absolute atomic E-state index is 0.107. The maximum atomic E-state index is 11.8. The molecule has 0 bridgehead atoms. The van der Waals surface area contributed by atoms with Crippen LogP contribution in [-0.2, 0) is 0 Å². The van der Waals surface area contributed by atoms with E-state index in [1.54, 1.807) is 13.1 Å². The highest BCUT2D eigenvalue weighted by molar-refractivity contribution is 5.95. The Kier molecular flexibility index (Phi) is 4.10. The molecule has 120 valence electrons. The first-order valence-corrected chi connectivity index (χ1v) is 7.66. The third-order valence-corrected chi connectivity index (χ3v) is 3.91. The lowest BCUT2D eigenvalue weighted by molar-refractivity contribution is 0.0963. The van der Waals surface area contributed by atoms with Crippen molar-refractivity contribution in [3.05, 3.63) is 54.1 Å². The van der Waals surface area contributed by atoms with E-state index in [-0.39, 0.29) is 11.4 Å². The van der Waals surface area contributed by atoms with Crippen molar-refractivity contribution in [3.63, 3.8) is 0 Å². The summed E-state index contributed by atoms with van der Waals surface area (Å²) < 4.78 is 5.86. The first-order chi connectivity index (χ1) is 11.1. The number of ether oxygens (including phenoxy) is 1. The van der Waals surface area contributed by atoms with Gasteiger partial charge in [0, 0.05) is 24.8 Å². The Labute approximate surface area is 136 Å². The van der Waals surface area contributed by atoms with Crippen LogP contribution in [0.15, 0.2) is 48.5 Å². The Balaban J connectivity index is 1.73. The van der Waals surface area contributed by atoms with Crippen molar-refractivity contribution in [1.29, 1.82) is 0 Å². The number of amides is 1. The van der Waals surface area contributed by atoms with Crippen LogP contribution in [-0.4, -0.2) is 31.6 Å². The third-order valence-electron chi connectivity index (χ3n) is 3.91. The molecule has 5 nitrogen and oxygen atoms in total. The van der Waals surface area contributed by atoms with Gasteiger partial charge in [0.1, 0.15) is 12.4 Å². The smallest absolute Gasteiger partial charge is 0.251 e. The molecule has 1 unspecified atom stereocenters. The van der Waals surface area contributed by atoms with E-state index in [1.165, 1.54) is 0 Å². The molecule has 1 atom stereocenters. The van der Waals surface area contributed by atoms with E-state index >= 15 is 0 Å². The van der Waals surface area contributed by atoms with Crippen LogP contribution in [0.5, 0.6) is 5.75 Å². The predicted octanol–water partition coefficient (Wildman–Crippen LogP) is 2.72. The average Bonchev–Trinajstić information content (AvgIpc) is 2.59. The highest BCUT2D eigenvalue weighted by atomic mass is 16.5. The zero-order valence-electron chi connectivity index (χ0n) is 13.3. The van der Waals surface area contributed by atoms with Crippen LogP contribution >= 0.6 is 0 Å². The van der Waals surface area contributed by atoms with Crippen molar-refractivity contribution < 1.29 is 9.53 Å². The molecule has 0 saturated carbocycles. The van der Waals surface area contributed by atoms with Crippen LogP contribution in [0.2, 0.25) is 0 Å². The van der Waals surface area contributed by atoms with Gasteiger partial charge in [0.15, 0.2) is 0 Å². The largest absolute Gasteiger partial charge is 0.489 e. The van der Waals surface area contributed by atoms with Gasteiger partial charge in [-0.25, -0.2) is 0 Å². The summed E-state index contributed by atoms with van der Waals surface area (Å²) in [5.74, 6) is 0.666.